The van der Waals surface area contributed by atoms with Crippen molar-refractivity contribution >= 4 is 17.6 Å². The highest BCUT2D eigenvalue weighted by Gasteiger charge is 2.47. The van der Waals surface area contributed by atoms with E-state index in [1.807, 2.05) is 47.4 Å². The largest absolute Gasteiger partial charge is 0.573 e. The van der Waals surface area contributed by atoms with Gasteiger partial charge in [-0.15, -0.1) is 13.2 Å². The summed E-state index contributed by atoms with van der Waals surface area (Å²) < 4.78 is 41.9. The maximum Gasteiger partial charge on any atom is 0.573 e. The van der Waals surface area contributed by atoms with Gasteiger partial charge in [0.2, 0.25) is 0 Å². The lowest BCUT2D eigenvalue weighted by Gasteiger charge is -2.48. The molecule has 3 aromatic rings. The number of carbonyl (C=O) groups is 2. The van der Waals surface area contributed by atoms with Crippen molar-refractivity contribution in [1.29, 1.82) is 0 Å². The minimum Gasteiger partial charge on any atom is -0.481 e. The molecule has 3 atom stereocenters. The summed E-state index contributed by atoms with van der Waals surface area (Å²) in [5.74, 6) is -1.31. The van der Waals surface area contributed by atoms with Crippen molar-refractivity contribution in [1.82, 2.24) is 4.90 Å². The monoisotopic (exact) mass is 566 g/mol. The molecule has 2 aliphatic rings. The molecule has 0 saturated heterocycles. The number of amides is 1. The van der Waals surface area contributed by atoms with E-state index in [9.17, 15) is 27.9 Å². The van der Waals surface area contributed by atoms with Gasteiger partial charge in [0.25, 0.3) is 5.91 Å². The van der Waals surface area contributed by atoms with Crippen LogP contribution in [0.5, 0.6) is 5.75 Å². The maximum absolute atomic E-state index is 13.9. The topological polar surface area (TPSA) is 70.1 Å². The Morgan fingerprint density at radius 3 is 2.34 bits per heavy atom. The highest BCUT2D eigenvalue weighted by molar-refractivity contribution is 6.07. The van der Waals surface area contributed by atoms with Crippen LogP contribution in [0, 0.1) is 5.92 Å². The molecule has 216 valence electrons. The maximum atomic E-state index is 13.9. The van der Waals surface area contributed by atoms with Gasteiger partial charge < -0.3 is 14.7 Å². The molecule has 1 amide bonds. The van der Waals surface area contributed by atoms with Crippen LogP contribution in [0.15, 0.2) is 78.9 Å². The zero-order valence-electron chi connectivity index (χ0n) is 22.6. The molecular weight excluding hydrogens is 533 g/mol. The van der Waals surface area contributed by atoms with Crippen LogP contribution in [0.1, 0.15) is 59.6 Å². The average Bonchev–Trinajstić information content (AvgIpc) is 3.42. The first kappa shape index (κ1) is 28.7. The number of hydrogen-bond acceptors (Lipinski definition) is 4. The molecule has 41 heavy (non-hydrogen) atoms. The van der Waals surface area contributed by atoms with Crippen molar-refractivity contribution in [3.8, 4) is 5.75 Å². The number of halogens is 3. The summed E-state index contributed by atoms with van der Waals surface area (Å²) in [5, 5.41) is 9.30. The smallest absolute Gasteiger partial charge is 0.481 e. The van der Waals surface area contributed by atoms with Crippen molar-refractivity contribution in [3.05, 3.63) is 95.6 Å². The molecule has 1 N–H and O–H groups in total. The zero-order chi connectivity index (χ0) is 29.0. The minimum atomic E-state index is -4.81. The number of ether oxygens (including phenoxy) is 1. The fourth-order valence-electron chi connectivity index (χ4n) is 6.43. The number of carboxylic acid groups (broad SMARTS) is 1. The predicted octanol–water partition coefficient (Wildman–Crippen LogP) is 6.86. The quantitative estimate of drug-likeness (QED) is 0.290. The fourth-order valence-corrected chi connectivity index (χ4v) is 6.43. The van der Waals surface area contributed by atoms with Crippen LogP contribution in [-0.2, 0) is 11.2 Å². The number of carbonyl (C=O) groups excluding carboxylic acids is 1. The van der Waals surface area contributed by atoms with Gasteiger partial charge in [-0.1, -0.05) is 55.0 Å². The first-order valence-corrected chi connectivity index (χ1v) is 14.0. The number of benzene rings is 3. The number of nitrogens with zero attached hydrogens (tertiary/aromatic N) is 2. The highest BCUT2D eigenvalue weighted by Crippen LogP contribution is 2.50. The van der Waals surface area contributed by atoms with Gasteiger partial charge in [0.1, 0.15) is 5.75 Å². The fraction of sp³-hybridized carbons (Fsp3) is 0.375. The van der Waals surface area contributed by atoms with Crippen molar-refractivity contribution in [2.45, 2.75) is 57.0 Å². The van der Waals surface area contributed by atoms with E-state index in [2.05, 4.69) is 21.8 Å². The highest BCUT2D eigenvalue weighted by atomic mass is 19.4. The number of alkyl halides is 3. The Bertz CT molecular complexity index is 1350. The van der Waals surface area contributed by atoms with Gasteiger partial charge in [-0.2, -0.15) is 0 Å². The first-order chi connectivity index (χ1) is 19.7. The van der Waals surface area contributed by atoms with E-state index in [1.165, 1.54) is 29.8 Å². The number of carboxylic acids is 1. The lowest BCUT2D eigenvalue weighted by Crippen LogP contribution is -2.51. The molecule has 3 aromatic carbocycles. The SMILES string of the molecule is O=C(O)CCCN(CCc1ccccc1)C1c2ccccc2N(C(=O)c2ccc(OC(F)(F)F)cc2)C2CCCC12. The molecule has 1 heterocycles. The summed E-state index contributed by atoms with van der Waals surface area (Å²) in [6.45, 7) is 1.37. The molecule has 1 aliphatic heterocycles. The van der Waals surface area contributed by atoms with Gasteiger partial charge >= 0.3 is 12.3 Å². The molecule has 3 unspecified atom stereocenters. The van der Waals surface area contributed by atoms with Crippen LogP contribution in [0.3, 0.4) is 0 Å². The van der Waals surface area contributed by atoms with E-state index in [0.717, 1.165) is 43.5 Å². The Morgan fingerprint density at radius 1 is 0.927 bits per heavy atom. The molecule has 1 saturated carbocycles. The van der Waals surface area contributed by atoms with E-state index in [1.54, 1.807) is 0 Å². The summed E-state index contributed by atoms with van der Waals surface area (Å²) in [7, 11) is 0. The standard InChI is InChI=1S/C32H33F3N2O4/c33-32(34,35)41-24-17-15-23(16-18-24)31(40)37-27-12-5-4-10-25(27)30(26-11-6-13-28(26)37)36(20-7-14-29(38)39)21-19-22-8-2-1-3-9-22/h1-5,8-10,12,15-18,26,28,30H,6-7,11,13-14,19-21H2,(H,38,39). The summed E-state index contributed by atoms with van der Waals surface area (Å²) in [4.78, 5) is 29.5. The van der Waals surface area contributed by atoms with E-state index in [-0.39, 0.29) is 36.1 Å². The number of para-hydroxylation sites is 1. The van der Waals surface area contributed by atoms with E-state index in [4.69, 9.17) is 0 Å². The van der Waals surface area contributed by atoms with E-state index >= 15 is 0 Å². The van der Waals surface area contributed by atoms with Gasteiger partial charge in [-0.3, -0.25) is 14.5 Å². The molecule has 0 aromatic heterocycles. The third-order valence-corrected chi connectivity index (χ3v) is 8.10. The third-order valence-electron chi connectivity index (χ3n) is 8.10. The molecular formula is C32H33F3N2O4. The molecule has 1 fully saturated rings. The molecule has 0 spiro atoms. The van der Waals surface area contributed by atoms with Crippen LogP contribution in [0.2, 0.25) is 0 Å². The van der Waals surface area contributed by atoms with E-state index in [0.29, 0.717) is 18.5 Å². The van der Waals surface area contributed by atoms with Gasteiger partial charge in [0, 0.05) is 36.3 Å². The Hall–Kier alpha value is -3.85. The van der Waals surface area contributed by atoms with Gasteiger partial charge in [0.05, 0.1) is 0 Å². The third kappa shape index (κ3) is 6.73. The Balaban J connectivity index is 1.46. The summed E-state index contributed by atoms with van der Waals surface area (Å²) in [6.07, 6.45) is -0.689. The van der Waals surface area contributed by atoms with E-state index < -0.39 is 12.3 Å². The number of anilines is 1. The Labute approximate surface area is 237 Å². The second-order valence-electron chi connectivity index (χ2n) is 10.7. The second kappa shape index (κ2) is 12.3. The predicted molar refractivity (Wildman–Crippen MR) is 149 cm³/mol. The zero-order valence-corrected chi connectivity index (χ0v) is 22.6. The molecule has 0 bridgehead atoms. The van der Waals surface area contributed by atoms with Gasteiger partial charge in [-0.05, 0) is 79.6 Å². The number of hydrogen-bond donors (Lipinski definition) is 1. The van der Waals surface area contributed by atoms with Crippen molar-refractivity contribution in [2.24, 2.45) is 5.92 Å². The number of aliphatic carboxylic acids is 1. The Kier molecular flexibility index (Phi) is 8.63. The summed E-state index contributed by atoms with van der Waals surface area (Å²) in [5.41, 5.74) is 3.31. The van der Waals surface area contributed by atoms with Crippen molar-refractivity contribution < 1.29 is 32.6 Å². The van der Waals surface area contributed by atoms with Crippen LogP contribution < -0.4 is 9.64 Å². The lowest BCUT2D eigenvalue weighted by atomic mass is 9.81. The number of rotatable bonds is 10. The van der Waals surface area contributed by atoms with Gasteiger partial charge in [-0.25, -0.2) is 0 Å². The molecule has 9 heteroatoms. The molecule has 0 radical (unpaired) electrons. The van der Waals surface area contributed by atoms with Crippen LogP contribution in [0.25, 0.3) is 0 Å². The molecule has 5 rings (SSSR count). The Morgan fingerprint density at radius 2 is 1.63 bits per heavy atom. The summed E-state index contributed by atoms with van der Waals surface area (Å²) in [6, 6.07) is 23.0. The normalized spacial score (nSPS) is 20.0. The summed E-state index contributed by atoms with van der Waals surface area (Å²) >= 11 is 0. The van der Waals surface area contributed by atoms with Crippen LogP contribution >= 0.6 is 0 Å². The number of fused-ring (bicyclic) bond motifs is 2. The van der Waals surface area contributed by atoms with Crippen LogP contribution in [-0.4, -0.2) is 47.4 Å². The lowest BCUT2D eigenvalue weighted by molar-refractivity contribution is -0.274. The second-order valence-corrected chi connectivity index (χ2v) is 10.7. The molecule has 1 aliphatic carbocycles. The average molecular weight is 567 g/mol. The minimum absolute atomic E-state index is 0.0165. The van der Waals surface area contributed by atoms with Crippen molar-refractivity contribution in [2.75, 3.05) is 18.0 Å². The van der Waals surface area contributed by atoms with Crippen LogP contribution in [0.4, 0.5) is 18.9 Å². The molecule has 6 nitrogen and oxygen atoms in total. The van der Waals surface area contributed by atoms with Crippen molar-refractivity contribution in [3.63, 3.8) is 0 Å². The van der Waals surface area contributed by atoms with Gasteiger partial charge in [0.15, 0.2) is 0 Å². The first-order valence-electron chi connectivity index (χ1n) is 14.0.